The molecule has 4 aliphatic rings. The average molecular weight is 619 g/mol. The molecule has 0 heterocycles. The topological polar surface area (TPSA) is 0 Å². The molecular weight excluding hydrogens is 577 g/mol. The molecule has 0 saturated heterocycles. The van der Waals surface area contributed by atoms with Crippen molar-refractivity contribution in [1.29, 1.82) is 0 Å². The predicted molar refractivity (Wildman–Crippen MR) is 187 cm³/mol. The molecule has 0 spiro atoms. The van der Waals surface area contributed by atoms with Crippen LogP contribution in [-0.4, -0.2) is 9.73 Å². The van der Waals surface area contributed by atoms with Gasteiger partial charge in [0.25, 0.3) is 0 Å². The number of allylic oxidation sites excluding steroid dienone is 10. The van der Waals surface area contributed by atoms with E-state index in [2.05, 4.69) is 91.8 Å². The molecule has 0 fully saturated rings. The van der Waals surface area contributed by atoms with Crippen molar-refractivity contribution >= 4 is 79.3 Å². The van der Waals surface area contributed by atoms with Crippen LogP contribution in [0.2, 0.25) is 0 Å². The van der Waals surface area contributed by atoms with Gasteiger partial charge in [0.15, 0.2) is 0 Å². The highest BCUT2D eigenvalue weighted by Gasteiger charge is 2.31. The van der Waals surface area contributed by atoms with Crippen LogP contribution in [0.5, 0.6) is 0 Å². The minimum Gasteiger partial charge on any atom is -0.0989 e. The first-order valence-corrected chi connectivity index (χ1v) is 18.1. The van der Waals surface area contributed by atoms with E-state index in [0.29, 0.717) is 0 Å². The summed E-state index contributed by atoms with van der Waals surface area (Å²) in [5.41, 5.74) is 0.832. The van der Waals surface area contributed by atoms with Gasteiger partial charge in [0.2, 0.25) is 0 Å². The van der Waals surface area contributed by atoms with Gasteiger partial charge in [-0.25, -0.2) is 0 Å². The maximum Gasteiger partial charge on any atom is 0.0165 e. The lowest BCUT2D eigenvalue weighted by Gasteiger charge is -2.32. The van der Waals surface area contributed by atoms with Crippen LogP contribution in [0, 0.1) is 21.7 Å². The van der Waals surface area contributed by atoms with Crippen LogP contribution in [0.25, 0.3) is 0 Å². The maximum atomic E-state index is 5.63. The quantitative estimate of drug-likeness (QED) is 0.204. The first-order valence-electron chi connectivity index (χ1n) is 13.5. The van der Waals surface area contributed by atoms with E-state index in [-0.39, 0.29) is 21.7 Å². The summed E-state index contributed by atoms with van der Waals surface area (Å²) < 4.78 is 0. The second-order valence-corrected chi connectivity index (χ2v) is 20.0. The zero-order valence-electron chi connectivity index (χ0n) is 24.2. The van der Waals surface area contributed by atoms with E-state index in [9.17, 15) is 0 Å². The molecule has 0 N–H and O–H groups in total. The van der Waals surface area contributed by atoms with Gasteiger partial charge in [-0.3, -0.25) is 0 Å². The molecule has 0 radical (unpaired) electrons. The molecule has 0 aliphatic heterocycles. The molecule has 0 aromatic heterocycles. The van der Waals surface area contributed by atoms with E-state index in [0.717, 1.165) is 48.3 Å². The molecule has 0 aromatic carbocycles. The number of rotatable bonds is 7. The third-order valence-electron chi connectivity index (χ3n) is 6.94. The van der Waals surface area contributed by atoms with Crippen molar-refractivity contribution in [3.05, 3.63) is 65.9 Å². The Hall–Kier alpha value is 0.0200. The molecule has 0 saturated carbocycles. The molecule has 0 atom stereocenters. The zero-order valence-corrected chi connectivity index (χ0v) is 29.1. The van der Waals surface area contributed by atoms with Crippen molar-refractivity contribution in [2.75, 3.05) is 0 Å². The van der Waals surface area contributed by atoms with Crippen LogP contribution in [0.1, 0.15) is 93.9 Å². The lowest BCUT2D eigenvalue weighted by atomic mass is 9.81. The van der Waals surface area contributed by atoms with Crippen LogP contribution in [0.3, 0.4) is 0 Å². The van der Waals surface area contributed by atoms with Gasteiger partial charge in [-0.1, -0.05) is 137 Å². The first-order chi connectivity index (χ1) is 17.5. The molecule has 0 nitrogen and oxygen atoms in total. The van der Waals surface area contributed by atoms with Crippen LogP contribution in [-0.2, 0) is 0 Å². The molecular formula is C32H42S6. The van der Waals surface area contributed by atoms with Gasteiger partial charge >= 0.3 is 0 Å². The van der Waals surface area contributed by atoms with Gasteiger partial charge in [-0.05, 0) is 104 Å². The van der Waals surface area contributed by atoms with Gasteiger partial charge in [-0.2, -0.15) is 0 Å². The lowest BCUT2D eigenvalue weighted by molar-refractivity contribution is 0.383. The molecule has 6 heteroatoms. The highest BCUT2D eigenvalue weighted by Crippen LogP contribution is 2.52. The van der Waals surface area contributed by atoms with Crippen molar-refractivity contribution in [3.63, 3.8) is 0 Å². The third kappa shape index (κ3) is 9.27. The zero-order chi connectivity index (χ0) is 27.9. The van der Waals surface area contributed by atoms with Crippen molar-refractivity contribution in [3.8, 4) is 0 Å². The molecule has 0 bridgehead atoms. The van der Waals surface area contributed by atoms with Gasteiger partial charge in [0.05, 0.1) is 0 Å². The maximum absolute atomic E-state index is 5.63. The molecule has 0 unspecified atom stereocenters. The largest absolute Gasteiger partial charge is 0.0989 e. The molecule has 0 amide bonds. The summed E-state index contributed by atoms with van der Waals surface area (Å²) in [7, 11) is 3.87. The monoisotopic (exact) mass is 618 g/mol. The fourth-order valence-electron chi connectivity index (χ4n) is 5.63. The predicted octanol–water partition coefficient (Wildman–Crippen LogP) is 12.4. The van der Waals surface area contributed by atoms with Gasteiger partial charge < -0.3 is 0 Å². The Morgan fingerprint density at radius 3 is 1.50 bits per heavy atom. The molecule has 4 rings (SSSR count). The SMILES string of the molecule is CC1(C)C=C(SC2=CC(=S)CC(C)(C)C2)C=C(SSC2=CC(C)(C)CC(SC3=CC(=S)CC(C)(C)C3)=C2)C1. The summed E-state index contributed by atoms with van der Waals surface area (Å²) in [6.07, 6.45) is 20.7. The Bertz CT molecular complexity index is 1200. The fourth-order valence-corrected chi connectivity index (χ4v) is 12.8. The van der Waals surface area contributed by atoms with Gasteiger partial charge in [0.1, 0.15) is 0 Å². The standard InChI is InChI=1S/C32H42S6/c1-29(2)13-21(33)9-23(15-29)35-25-11-27(19-31(5,6)17-25)37-38-28-12-26(18-32(7,8)20-28)36-24-10-22(34)14-30(3,4)16-24/h9-12,17,20H,13-16,18-19H2,1-8H3. The number of thioether (sulfide) groups is 2. The molecule has 4 aliphatic carbocycles. The smallest absolute Gasteiger partial charge is 0.0165 e. The van der Waals surface area contributed by atoms with Crippen molar-refractivity contribution in [1.82, 2.24) is 0 Å². The van der Waals surface area contributed by atoms with E-state index in [1.165, 1.54) is 29.4 Å². The Kier molecular flexibility index (Phi) is 9.55. The Morgan fingerprint density at radius 1 is 0.500 bits per heavy atom. The summed E-state index contributed by atoms with van der Waals surface area (Å²) in [5, 5.41) is 0. The highest BCUT2D eigenvalue weighted by molar-refractivity contribution is 8.79. The Labute approximate surface area is 259 Å². The first kappa shape index (κ1) is 31.0. The van der Waals surface area contributed by atoms with E-state index in [4.69, 9.17) is 24.4 Å². The summed E-state index contributed by atoms with van der Waals surface area (Å²) >= 11 is 15.1. The number of hydrogen-bond donors (Lipinski definition) is 0. The molecule has 38 heavy (non-hydrogen) atoms. The minimum absolute atomic E-state index is 0.154. The summed E-state index contributed by atoms with van der Waals surface area (Å²) in [6, 6.07) is 0. The number of hydrogen-bond acceptors (Lipinski definition) is 6. The second-order valence-electron chi connectivity index (χ2n) is 14.2. The Morgan fingerprint density at radius 2 is 0.947 bits per heavy atom. The lowest BCUT2D eigenvalue weighted by Crippen LogP contribution is -2.20. The molecule has 206 valence electrons. The fraction of sp³-hybridized carbons (Fsp3) is 0.562. The molecule has 0 aromatic rings. The number of thiocarbonyl (C=S) groups is 2. The van der Waals surface area contributed by atoms with E-state index in [1.807, 2.05) is 45.1 Å². The van der Waals surface area contributed by atoms with Gasteiger partial charge in [-0.15, -0.1) is 0 Å². The second kappa shape index (κ2) is 11.7. The van der Waals surface area contributed by atoms with Crippen molar-refractivity contribution in [2.45, 2.75) is 93.9 Å². The van der Waals surface area contributed by atoms with E-state index >= 15 is 0 Å². The van der Waals surface area contributed by atoms with Crippen LogP contribution in [0.4, 0.5) is 0 Å². The van der Waals surface area contributed by atoms with E-state index < -0.39 is 0 Å². The van der Waals surface area contributed by atoms with Crippen molar-refractivity contribution < 1.29 is 0 Å². The average Bonchev–Trinajstić information content (AvgIpc) is 2.66. The Balaban J connectivity index is 1.46. The van der Waals surface area contributed by atoms with Crippen molar-refractivity contribution in [2.24, 2.45) is 21.7 Å². The summed E-state index contributed by atoms with van der Waals surface area (Å²) in [4.78, 5) is 10.7. The minimum atomic E-state index is 0.154. The third-order valence-corrected chi connectivity index (χ3v) is 12.0. The highest BCUT2D eigenvalue weighted by atomic mass is 33.1. The van der Waals surface area contributed by atoms with Crippen LogP contribution in [0.15, 0.2) is 65.9 Å². The van der Waals surface area contributed by atoms with Gasteiger partial charge in [0, 0.05) is 19.5 Å². The van der Waals surface area contributed by atoms with Crippen LogP contribution >= 0.6 is 69.5 Å². The summed E-state index contributed by atoms with van der Waals surface area (Å²) in [5.74, 6) is 0. The summed E-state index contributed by atoms with van der Waals surface area (Å²) in [6.45, 7) is 18.8. The van der Waals surface area contributed by atoms with Crippen LogP contribution < -0.4 is 0 Å². The van der Waals surface area contributed by atoms with E-state index in [1.54, 1.807) is 0 Å². The normalized spacial score (nSPS) is 26.0.